The van der Waals surface area contributed by atoms with Crippen molar-refractivity contribution in [2.45, 2.75) is 25.7 Å². The van der Waals surface area contributed by atoms with Crippen LogP contribution >= 0.6 is 0 Å². The van der Waals surface area contributed by atoms with Gasteiger partial charge in [0.25, 0.3) is 0 Å². The van der Waals surface area contributed by atoms with Crippen molar-refractivity contribution >= 4 is 22.4 Å². The number of hydrogen-bond donors (Lipinski definition) is 1. The number of aromatic nitrogens is 2. The van der Waals surface area contributed by atoms with Gasteiger partial charge in [-0.05, 0) is 35.3 Å². The maximum absolute atomic E-state index is 8.78. The summed E-state index contributed by atoms with van der Waals surface area (Å²) >= 11 is 0. The molecule has 0 aliphatic carbocycles. The lowest BCUT2D eigenvalue weighted by Gasteiger charge is -2.22. The van der Waals surface area contributed by atoms with E-state index >= 15 is 0 Å². The van der Waals surface area contributed by atoms with Gasteiger partial charge in [0.1, 0.15) is 17.7 Å². The molecule has 1 aromatic carbocycles. The molecule has 1 aliphatic rings. The van der Waals surface area contributed by atoms with Crippen molar-refractivity contribution < 1.29 is 4.63 Å². The first-order valence-corrected chi connectivity index (χ1v) is 7.60. The van der Waals surface area contributed by atoms with Crippen LogP contribution in [0.4, 0.5) is 11.4 Å². The van der Waals surface area contributed by atoms with E-state index in [0.29, 0.717) is 16.7 Å². The van der Waals surface area contributed by atoms with E-state index in [1.807, 2.05) is 12.1 Å². The van der Waals surface area contributed by atoms with Crippen molar-refractivity contribution in [3.63, 3.8) is 0 Å². The number of nitrogens with one attached hydrogen (secondary N) is 1. The Morgan fingerprint density at radius 1 is 1.09 bits per heavy atom. The summed E-state index contributed by atoms with van der Waals surface area (Å²) in [5.41, 5.74) is 2.95. The Kier molecular flexibility index (Phi) is 4.39. The average Bonchev–Trinajstić information content (AvgIpc) is 2.92. The van der Waals surface area contributed by atoms with Crippen molar-refractivity contribution in [2.24, 2.45) is 0 Å². The number of hydrogen-bond acceptors (Lipinski definition) is 7. The Hall–Kier alpha value is -3.06. The molecule has 1 saturated heterocycles. The zero-order valence-electron chi connectivity index (χ0n) is 12.6. The maximum atomic E-state index is 8.78. The average molecular weight is 308 g/mol. The Bertz CT molecular complexity index is 786. The molecule has 1 aliphatic heterocycles. The van der Waals surface area contributed by atoms with E-state index in [1.165, 1.54) is 31.9 Å². The van der Waals surface area contributed by atoms with Gasteiger partial charge in [-0.15, -0.1) is 0 Å². The molecule has 2 heterocycles. The summed E-state index contributed by atoms with van der Waals surface area (Å²) < 4.78 is 4.91. The lowest BCUT2D eigenvalue weighted by molar-refractivity contribution is 0.315. The fourth-order valence-electron chi connectivity index (χ4n) is 2.78. The van der Waals surface area contributed by atoms with Crippen molar-refractivity contribution in [3.05, 3.63) is 23.9 Å². The summed E-state index contributed by atoms with van der Waals surface area (Å²) in [6, 6.07) is 7.46. The van der Waals surface area contributed by atoms with Crippen LogP contribution in [0.1, 0.15) is 25.7 Å². The summed E-state index contributed by atoms with van der Waals surface area (Å²) in [6.07, 6.45) is 6.21. The SMILES string of the molecule is N#CC(C#N)=CNc1ccc(N2CCCCCC2)c2nonc12. The van der Waals surface area contributed by atoms with Crippen LogP contribution in [0, 0.1) is 22.7 Å². The molecule has 0 bridgehead atoms. The number of benzene rings is 1. The van der Waals surface area contributed by atoms with Gasteiger partial charge in [0, 0.05) is 19.3 Å². The van der Waals surface area contributed by atoms with Crippen LogP contribution in [-0.4, -0.2) is 23.4 Å². The molecule has 2 aromatic rings. The third kappa shape index (κ3) is 3.09. The Balaban J connectivity index is 1.94. The molecule has 0 spiro atoms. The van der Waals surface area contributed by atoms with Gasteiger partial charge in [0.2, 0.25) is 0 Å². The van der Waals surface area contributed by atoms with Crippen LogP contribution < -0.4 is 10.2 Å². The zero-order chi connectivity index (χ0) is 16.1. The molecular formula is C16H16N6O. The molecule has 1 N–H and O–H groups in total. The third-order valence-electron chi connectivity index (χ3n) is 3.95. The predicted octanol–water partition coefficient (Wildman–Crippen LogP) is 2.95. The molecule has 116 valence electrons. The molecule has 0 amide bonds. The second-order valence-electron chi connectivity index (χ2n) is 5.42. The summed E-state index contributed by atoms with van der Waals surface area (Å²) in [4.78, 5) is 2.31. The minimum Gasteiger partial charge on any atom is -0.370 e. The van der Waals surface area contributed by atoms with Crippen molar-refractivity contribution in [2.75, 3.05) is 23.3 Å². The molecule has 7 heteroatoms. The first kappa shape index (κ1) is 14.9. The van der Waals surface area contributed by atoms with Gasteiger partial charge in [-0.2, -0.15) is 10.5 Å². The van der Waals surface area contributed by atoms with Crippen molar-refractivity contribution in [1.82, 2.24) is 10.3 Å². The van der Waals surface area contributed by atoms with Gasteiger partial charge in [-0.3, -0.25) is 0 Å². The molecular weight excluding hydrogens is 292 g/mol. The van der Waals surface area contributed by atoms with Crippen LogP contribution in [0.2, 0.25) is 0 Å². The summed E-state index contributed by atoms with van der Waals surface area (Å²) in [6.45, 7) is 2.00. The Labute approximate surface area is 133 Å². The van der Waals surface area contributed by atoms with Crippen LogP contribution in [0.25, 0.3) is 11.0 Å². The minimum atomic E-state index is -0.00815. The number of fused-ring (bicyclic) bond motifs is 1. The van der Waals surface area contributed by atoms with E-state index in [9.17, 15) is 0 Å². The highest BCUT2D eigenvalue weighted by Gasteiger charge is 2.17. The summed E-state index contributed by atoms with van der Waals surface area (Å²) in [5.74, 6) is 0. The molecule has 0 saturated carbocycles. The van der Waals surface area contributed by atoms with Crippen molar-refractivity contribution in [1.29, 1.82) is 10.5 Å². The highest BCUT2D eigenvalue weighted by Crippen LogP contribution is 2.31. The fourth-order valence-corrected chi connectivity index (χ4v) is 2.78. The number of nitrogens with zero attached hydrogens (tertiary/aromatic N) is 5. The topological polar surface area (TPSA) is 102 Å². The zero-order valence-corrected chi connectivity index (χ0v) is 12.6. The largest absolute Gasteiger partial charge is 0.370 e. The molecule has 3 rings (SSSR count). The van der Waals surface area contributed by atoms with Gasteiger partial charge in [0.15, 0.2) is 11.0 Å². The highest BCUT2D eigenvalue weighted by atomic mass is 16.6. The fraction of sp³-hybridized carbons (Fsp3) is 0.375. The lowest BCUT2D eigenvalue weighted by Crippen LogP contribution is -2.24. The number of nitriles is 2. The monoisotopic (exact) mass is 308 g/mol. The predicted molar refractivity (Wildman–Crippen MR) is 85.4 cm³/mol. The van der Waals surface area contributed by atoms with Gasteiger partial charge >= 0.3 is 0 Å². The van der Waals surface area contributed by atoms with E-state index in [1.54, 1.807) is 12.1 Å². The van der Waals surface area contributed by atoms with E-state index in [-0.39, 0.29) is 5.57 Å². The summed E-state index contributed by atoms with van der Waals surface area (Å²) in [7, 11) is 0. The third-order valence-corrected chi connectivity index (χ3v) is 3.95. The Morgan fingerprint density at radius 3 is 2.48 bits per heavy atom. The molecule has 1 aromatic heterocycles. The molecule has 7 nitrogen and oxygen atoms in total. The van der Waals surface area contributed by atoms with Crippen LogP contribution in [0.3, 0.4) is 0 Å². The highest BCUT2D eigenvalue weighted by molar-refractivity contribution is 5.96. The Morgan fingerprint density at radius 2 is 1.78 bits per heavy atom. The van der Waals surface area contributed by atoms with E-state index in [2.05, 4.69) is 20.5 Å². The first-order valence-electron chi connectivity index (χ1n) is 7.60. The molecule has 0 atom stereocenters. The second-order valence-corrected chi connectivity index (χ2v) is 5.42. The van der Waals surface area contributed by atoms with E-state index in [4.69, 9.17) is 15.2 Å². The quantitative estimate of drug-likeness (QED) is 0.869. The minimum absolute atomic E-state index is 0.00815. The summed E-state index contributed by atoms with van der Waals surface area (Å²) in [5, 5.41) is 28.5. The lowest BCUT2D eigenvalue weighted by atomic mass is 10.2. The van der Waals surface area contributed by atoms with Gasteiger partial charge in [0.05, 0.1) is 11.4 Å². The molecule has 0 radical (unpaired) electrons. The maximum Gasteiger partial charge on any atom is 0.160 e. The number of rotatable bonds is 3. The standard InChI is InChI=1S/C16H16N6O/c17-9-12(10-18)11-19-13-5-6-14(16-15(13)20-23-21-16)22-7-3-1-2-4-8-22/h5-6,11,19H,1-4,7-8H2. The van der Waals surface area contributed by atoms with Crippen LogP contribution in [0.15, 0.2) is 28.5 Å². The van der Waals surface area contributed by atoms with E-state index in [0.717, 1.165) is 18.8 Å². The molecule has 1 fully saturated rings. The van der Waals surface area contributed by atoms with Crippen LogP contribution in [0.5, 0.6) is 0 Å². The first-order chi connectivity index (χ1) is 11.3. The number of anilines is 2. The molecule has 0 unspecified atom stereocenters. The van der Waals surface area contributed by atoms with Gasteiger partial charge in [-0.1, -0.05) is 12.8 Å². The van der Waals surface area contributed by atoms with Crippen molar-refractivity contribution in [3.8, 4) is 12.1 Å². The van der Waals surface area contributed by atoms with Gasteiger partial charge in [-0.25, -0.2) is 4.63 Å². The normalized spacial score (nSPS) is 14.6. The van der Waals surface area contributed by atoms with Gasteiger partial charge < -0.3 is 10.2 Å². The second kappa shape index (κ2) is 6.80. The number of allylic oxidation sites excluding steroid dienone is 1. The van der Waals surface area contributed by atoms with E-state index < -0.39 is 0 Å². The smallest absolute Gasteiger partial charge is 0.160 e. The molecule has 23 heavy (non-hydrogen) atoms. The van der Waals surface area contributed by atoms with Crippen LogP contribution in [-0.2, 0) is 0 Å².